The monoisotopic (exact) mass is 411 g/mol. The Morgan fingerprint density at radius 3 is 2.17 bits per heavy atom. The van der Waals surface area contributed by atoms with Crippen LogP contribution in [0.2, 0.25) is 0 Å². The van der Waals surface area contributed by atoms with E-state index < -0.39 is 12.2 Å². The Hall–Kier alpha value is -3.22. The Morgan fingerprint density at radius 1 is 0.933 bits per heavy atom. The molecule has 1 aromatic heterocycles. The molecule has 0 bridgehead atoms. The summed E-state index contributed by atoms with van der Waals surface area (Å²) in [4.78, 5) is 27.4. The number of aryl methyl sites for hydroxylation is 1. The second kappa shape index (κ2) is 9.07. The largest absolute Gasteiger partial charge is 0.445 e. The molecule has 30 heavy (non-hydrogen) atoms. The normalized spacial score (nSPS) is 11.3. The minimum absolute atomic E-state index is 0.0158. The van der Waals surface area contributed by atoms with Crippen LogP contribution in [0.25, 0.3) is 21.8 Å². The average molecular weight is 412 g/mol. The topological polar surface area (TPSA) is 92.4 Å². The van der Waals surface area contributed by atoms with Crippen LogP contribution in [0.3, 0.4) is 0 Å². The SMILES string of the molecule is Cc1c(COC(=O)NC(C)C)c(COC(=O)NC(C)C)cc2[nH]c3ccccc3c12. The molecule has 0 spiro atoms. The molecule has 2 aromatic carbocycles. The summed E-state index contributed by atoms with van der Waals surface area (Å²) in [6, 6.07) is 9.98. The average Bonchev–Trinajstić information content (AvgIpc) is 3.03. The third-order valence-corrected chi connectivity index (χ3v) is 4.79. The van der Waals surface area contributed by atoms with E-state index in [1.807, 2.05) is 58.9 Å². The molecule has 0 aliphatic carbocycles. The molecular formula is C23H29N3O4. The van der Waals surface area contributed by atoms with E-state index in [9.17, 15) is 9.59 Å². The molecule has 1 heterocycles. The summed E-state index contributed by atoms with van der Waals surface area (Å²) >= 11 is 0. The van der Waals surface area contributed by atoms with Gasteiger partial charge in [0.1, 0.15) is 13.2 Å². The lowest BCUT2D eigenvalue weighted by Gasteiger charge is -2.16. The van der Waals surface area contributed by atoms with Crippen LogP contribution in [0.15, 0.2) is 30.3 Å². The molecule has 3 rings (SSSR count). The van der Waals surface area contributed by atoms with E-state index in [4.69, 9.17) is 9.47 Å². The number of fused-ring (bicyclic) bond motifs is 3. The zero-order chi connectivity index (χ0) is 21.8. The molecule has 0 aliphatic heterocycles. The van der Waals surface area contributed by atoms with Crippen LogP contribution in [0.4, 0.5) is 9.59 Å². The van der Waals surface area contributed by atoms with E-state index in [1.54, 1.807) is 0 Å². The highest BCUT2D eigenvalue weighted by Crippen LogP contribution is 2.32. The fraction of sp³-hybridized carbons (Fsp3) is 0.391. The van der Waals surface area contributed by atoms with Gasteiger partial charge < -0.3 is 25.1 Å². The summed E-state index contributed by atoms with van der Waals surface area (Å²) in [6.07, 6.45) is -0.961. The Bertz CT molecular complexity index is 1070. The number of carbonyl (C=O) groups is 2. The third kappa shape index (κ3) is 4.84. The molecule has 0 radical (unpaired) electrons. The van der Waals surface area contributed by atoms with Crippen LogP contribution < -0.4 is 10.6 Å². The van der Waals surface area contributed by atoms with Crippen molar-refractivity contribution in [1.29, 1.82) is 0 Å². The zero-order valence-electron chi connectivity index (χ0n) is 18.1. The lowest BCUT2D eigenvalue weighted by atomic mass is 9.97. The molecule has 0 fully saturated rings. The number of para-hydroxylation sites is 1. The van der Waals surface area contributed by atoms with Gasteiger partial charge >= 0.3 is 12.2 Å². The van der Waals surface area contributed by atoms with E-state index in [-0.39, 0.29) is 25.3 Å². The maximum Gasteiger partial charge on any atom is 0.407 e. The first-order chi connectivity index (χ1) is 14.3. The number of hydrogen-bond donors (Lipinski definition) is 3. The van der Waals surface area contributed by atoms with Crippen LogP contribution in [0.1, 0.15) is 44.4 Å². The second-order valence-corrected chi connectivity index (χ2v) is 7.98. The quantitative estimate of drug-likeness (QED) is 0.538. The highest BCUT2D eigenvalue weighted by atomic mass is 16.6. The highest BCUT2D eigenvalue weighted by molar-refractivity contribution is 6.09. The number of amides is 2. The zero-order valence-corrected chi connectivity index (χ0v) is 18.1. The van der Waals surface area contributed by atoms with Crippen molar-refractivity contribution in [1.82, 2.24) is 15.6 Å². The highest BCUT2D eigenvalue weighted by Gasteiger charge is 2.17. The van der Waals surface area contributed by atoms with Gasteiger partial charge in [-0.25, -0.2) is 9.59 Å². The third-order valence-electron chi connectivity index (χ3n) is 4.79. The van der Waals surface area contributed by atoms with Crippen LogP contribution in [0.5, 0.6) is 0 Å². The number of benzene rings is 2. The molecule has 3 N–H and O–H groups in total. The summed E-state index contributed by atoms with van der Waals surface area (Å²) in [5.41, 5.74) is 4.60. The van der Waals surface area contributed by atoms with E-state index in [1.165, 1.54) is 0 Å². The predicted molar refractivity (Wildman–Crippen MR) is 117 cm³/mol. The molecule has 0 aliphatic rings. The van der Waals surface area contributed by atoms with Crippen molar-refractivity contribution in [2.75, 3.05) is 0 Å². The number of nitrogens with one attached hydrogen (secondary N) is 3. The lowest BCUT2D eigenvalue weighted by molar-refractivity contribution is 0.129. The van der Waals surface area contributed by atoms with E-state index >= 15 is 0 Å². The smallest absolute Gasteiger partial charge is 0.407 e. The molecule has 160 valence electrons. The summed E-state index contributed by atoms with van der Waals surface area (Å²) in [7, 11) is 0. The lowest BCUT2D eigenvalue weighted by Crippen LogP contribution is -2.31. The van der Waals surface area contributed by atoms with Gasteiger partial charge in [0.25, 0.3) is 0 Å². The van der Waals surface area contributed by atoms with Crippen molar-refractivity contribution >= 4 is 34.0 Å². The van der Waals surface area contributed by atoms with Gasteiger partial charge in [-0.3, -0.25) is 0 Å². The van der Waals surface area contributed by atoms with Gasteiger partial charge in [0.2, 0.25) is 0 Å². The van der Waals surface area contributed by atoms with Crippen molar-refractivity contribution in [2.45, 2.75) is 59.9 Å². The Balaban J connectivity index is 1.97. The van der Waals surface area contributed by atoms with Crippen molar-refractivity contribution in [3.63, 3.8) is 0 Å². The van der Waals surface area contributed by atoms with Gasteiger partial charge in [-0.15, -0.1) is 0 Å². The van der Waals surface area contributed by atoms with Crippen LogP contribution in [0, 0.1) is 6.92 Å². The Kier molecular flexibility index (Phi) is 6.50. The van der Waals surface area contributed by atoms with E-state index in [0.29, 0.717) is 0 Å². The van der Waals surface area contributed by atoms with Crippen molar-refractivity contribution < 1.29 is 19.1 Å². The van der Waals surface area contributed by atoms with Gasteiger partial charge in [0, 0.05) is 33.9 Å². The number of H-pyrrole nitrogens is 1. The number of rotatable bonds is 6. The first-order valence-electron chi connectivity index (χ1n) is 10.1. The van der Waals surface area contributed by atoms with Gasteiger partial charge in [-0.2, -0.15) is 0 Å². The maximum absolute atomic E-state index is 12.0. The first-order valence-corrected chi connectivity index (χ1v) is 10.1. The Labute approximate surface area is 176 Å². The van der Waals surface area contributed by atoms with Crippen molar-refractivity contribution in [2.24, 2.45) is 0 Å². The van der Waals surface area contributed by atoms with Gasteiger partial charge in [0.05, 0.1) is 0 Å². The fourth-order valence-electron chi connectivity index (χ4n) is 3.49. The summed E-state index contributed by atoms with van der Waals surface area (Å²) in [5.74, 6) is 0. The van der Waals surface area contributed by atoms with Crippen molar-refractivity contribution in [3.05, 3.63) is 47.0 Å². The molecule has 7 nitrogen and oxygen atoms in total. The van der Waals surface area contributed by atoms with E-state index in [0.717, 1.165) is 38.5 Å². The molecule has 3 aromatic rings. The maximum atomic E-state index is 12.0. The molecular weight excluding hydrogens is 382 g/mol. The number of ether oxygens (including phenoxy) is 2. The first kappa shape index (κ1) is 21.5. The van der Waals surface area contributed by atoms with Gasteiger partial charge in [0.15, 0.2) is 0 Å². The minimum Gasteiger partial charge on any atom is -0.445 e. The molecule has 0 atom stereocenters. The number of aromatic nitrogens is 1. The van der Waals surface area contributed by atoms with Crippen LogP contribution >= 0.6 is 0 Å². The summed E-state index contributed by atoms with van der Waals surface area (Å²) in [6.45, 7) is 9.65. The van der Waals surface area contributed by atoms with Crippen molar-refractivity contribution in [3.8, 4) is 0 Å². The summed E-state index contributed by atoms with van der Waals surface area (Å²) in [5, 5.41) is 7.61. The predicted octanol–water partition coefficient (Wildman–Crippen LogP) is 4.90. The minimum atomic E-state index is -0.483. The van der Waals surface area contributed by atoms with E-state index in [2.05, 4.69) is 21.7 Å². The Morgan fingerprint density at radius 2 is 1.53 bits per heavy atom. The van der Waals surface area contributed by atoms with Gasteiger partial charge in [-0.05, 0) is 63.4 Å². The van der Waals surface area contributed by atoms with Crippen LogP contribution in [-0.4, -0.2) is 29.3 Å². The number of alkyl carbamates (subject to hydrolysis) is 2. The second-order valence-electron chi connectivity index (χ2n) is 7.98. The molecule has 2 amide bonds. The van der Waals surface area contributed by atoms with Crippen LogP contribution in [-0.2, 0) is 22.7 Å². The number of aromatic amines is 1. The summed E-state index contributed by atoms with van der Waals surface area (Å²) < 4.78 is 10.9. The molecule has 7 heteroatoms. The molecule has 0 unspecified atom stereocenters. The number of hydrogen-bond acceptors (Lipinski definition) is 4. The fourth-order valence-corrected chi connectivity index (χ4v) is 3.49. The molecule has 0 saturated carbocycles. The number of carbonyl (C=O) groups excluding carboxylic acids is 2. The molecule has 0 saturated heterocycles. The van der Waals surface area contributed by atoms with Gasteiger partial charge in [-0.1, -0.05) is 18.2 Å². The standard InChI is InChI=1S/C23H29N3O4/c1-13(2)24-22(27)29-11-16-10-20-21(17-8-6-7-9-19(17)26-20)15(5)18(16)12-30-23(28)25-14(3)4/h6-10,13-14,26H,11-12H2,1-5H3,(H,24,27)(H,25,28).